The highest BCUT2D eigenvalue weighted by Gasteiger charge is 2.12. The highest BCUT2D eigenvalue weighted by molar-refractivity contribution is 5.92. The molecule has 1 heterocycles. The van der Waals surface area contributed by atoms with Crippen molar-refractivity contribution in [2.24, 2.45) is 0 Å². The first-order valence-corrected chi connectivity index (χ1v) is 6.68. The quantitative estimate of drug-likeness (QED) is 0.759. The molecule has 0 aliphatic carbocycles. The summed E-state index contributed by atoms with van der Waals surface area (Å²) in [5.74, 6) is 0.168. The fourth-order valence-electron chi connectivity index (χ4n) is 2.15. The lowest BCUT2D eigenvalue weighted by atomic mass is 10.2. The van der Waals surface area contributed by atoms with E-state index >= 15 is 0 Å². The Kier molecular flexibility index (Phi) is 4.76. The number of phenols is 1. The van der Waals surface area contributed by atoms with E-state index < -0.39 is 0 Å². The highest BCUT2D eigenvalue weighted by Crippen LogP contribution is 2.20. The maximum absolute atomic E-state index is 11.9. The first-order chi connectivity index (χ1) is 9.15. The van der Waals surface area contributed by atoms with Gasteiger partial charge in [0.25, 0.3) is 0 Å². The number of aromatic hydroxyl groups is 1. The lowest BCUT2D eigenvalue weighted by Crippen LogP contribution is -2.35. The summed E-state index contributed by atoms with van der Waals surface area (Å²) < 4.78 is 0. The summed E-state index contributed by atoms with van der Waals surface area (Å²) in [7, 11) is 0. The van der Waals surface area contributed by atoms with Crippen LogP contribution in [0.5, 0.6) is 5.75 Å². The molecule has 1 aliphatic rings. The lowest BCUT2D eigenvalue weighted by molar-refractivity contribution is -0.117. The fraction of sp³-hybridized carbons (Fsp3) is 0.500. The molecular formula is C14H21N3O2. The van der Waals surface area contributed by atoms with Crippen molar-refractivity contribution in [1.82, 2.24) is 10.2 Å². The topological polar surface area (TPSA) is 64.6 Å². The number of amides is 1. The van der Waals surface area contributed by atoms with Gasteiger partial charge in [-0.15, -0.1) is 0 Å². The van der Waals surface area contributed by atoms with Gasteiger partial charge in [-0.1, -0.05) is 6.07 Å². The third kappa shape index (κ3) is 4.22. The molecule has 104 valence electrons. The second-order valence-electron chi connectivity index (χ2n) is 4.93. The van der Waals surface area contributed by atoms with Crippen LogP contribution in [0.25, 0.3) is 0 Å². The normalized spacial score (nSPS) is 16.9. The molecule has 1 fully saturated rings. The number of carbonyl (C=O) groups is 1. The minimum atomic E-state index is -0.0369. The number of aryl methyl sites for hydroxylation is 1. The van der Waals surface area contributed by atoms with Gasteiger partial charge < -0.3 is 15.7 Å². The van der Waals surface area contributed by atoms with Gasteiger partial charge in [0.2, 0.25) is 5.91 Å². The third-order valence-electron chi connectivity index (χ3n) is 3.29. The van der Waals surface area contributed by atoms with Crippen LogP contribution in [0, 0.1) is 6.92 Å². The minimum Gasteiger partial charge on any atom is -0.508 e. The molecule has 0 aromatic heterocycles. The van der Waals surface area contributed by atoms with E-state index in [-0.39, 0.29) is 11.7 Å². The zero-order valence-corrected chi connectivity index (χ0v) is 11.3. The van der Waals surface area contributed by atoms with Gasteiger partial charge in [-0.3, -0.25) is 9.69 Å². The SMILES string of the molecule is Cc1ccc(NC(=O)CN2CCCNCC2)cc1O. The lowest BCUT2D eigenvalue weighted by Gasteiger charge is -2.18. The summed E-state index contributed by atoms with van der Waals surface area (Å²) >= 11 is 0. The molecule has 0 spiro atoms. The Labute approximate surface area is 113 Å². The average molecular weight is 263 g/mol. The summed E-state index contributed by atoms with van der Waals surface area (Å²) in [6.07, 6.45) is 1.07. The fourth-order valence-corrected chi connectivity index (χ4v) is 2.15. The van der Waals surface area contributed by atoms with Crippen LogP contribution in [0.15, 0.2) is 18.2 Å². The molecule has 0 radical (unpaired) electrons. The molecule has 0 unspecified atom stereocenters. The molecule has 5 nitrogen and oxygen atoms in total. The van der Waals surface area contributed by atoms with E-state index in [1.807, 2.05) is 6.92 Å². The van der Waals surface area contributed by atoms with Crippen LogP contribution in [-0.2, 0) is 4.79 Å². The molecule has 1 aliphatic heterocycles. The monoisotopic (exact) mass is 263 g/mol. The summed E-state index contributed by atoms with van der Waals surface area (Å²) in [4.78, 5) is 14.1. The first kappa shape index (κ1) is 13.8. The zero-order valence-electron chi connectivity index (χ0n) is 11.3. The molecule has 0 atom stereocenters. The van der Waals surface area contributed by atoms with Gasteiger partial charge in [-0.2, -0.15) is 0 Å². The Balaban J connectivity index is 1.87. The van der Waals surface area contributed by atoms with Crippen molar-refractivity contribution in [3.8, 4) is 5.75 Å². The summed E-state index contributed by atoms with van der Waals surface area (Å²) in [6, 6.07) is 5.18. The summed E-state index contributed by atoms with van der Waals surface area (Å²) in [5.41, 5.74) is 1.44. The van der Waals surface area contributed by atoms with E-state index in [9.17, 15) is 9.90 Å². The first-order valence-electron chi connectivity index (χ1n) is 6.68. The Morgan fingerprint density at radius 3 is 3.05 bits per heavy atom. The number of anilines is 1. The van der Waals surface area contributed by atoms with Crippen molar-refractivity contribution < 1.29 is 9.90 Å². The average Bonchev–Trinajstić information content (AvgIpc) is 2.62. The van der Waals surface area contributed by atoms with Crippen molar-refractivity contribution in [2.75, 3.05) is 38.0 Å². The number of hydrogen-bond donors (Lipinski definition) is 3. The van der Waals surface area contributed by atoms with Crippen molar-refractivity contribution in [1.29, 1.82) is 0 Å². The van der Waals surface area contributed by atoms with E-state index in [0.29, 0.717) is 12.2 Å². The molecule has 5 heteroatoms. The molecule has 0 saturated carbocycles. The molecule has 2 rings (SSSR count). The van der Waals surface area contributed by atoms with Crippen LogP contribution in [0.3, 0.4) is 0 Å². The molecule has 19 heavy (non-hydrogen) atoms. The predicted molar refractivity (Wildman–Crippen MR) is 75.4 cm³/mol. The van der Waals surface area contributed by atoms with Gasteiger partial charge in [-0.25, -0.2) is 0 Å². The number of benzene rings is 1. The van der Waals surface area contributed by atoms with Crippen molar-refractivity contribution in [3.05, 3.63) is 23.8 Å². The molecule has 1 aromatic rings. The molecule has 1 aromatic carbocycles. The maximum atomic E-state index is 11.9. The molecule has 0 bridgehead atoms. The molecule has 1 amide bonds. The van der Waals surface area contributed by atoms with E-state index in [2.05, 4.69) is 15.5 Å². The van der Waals surface area contributed by atoms with E-state index in [1.165, 1.54) is 0 Å². The van der Waals surface area contributed by atoms with Crippen LogP contribution < -0.4 is 10.6 Å². The number of nitrogens with zero attached hydrogens (tertiary/aromatic N) is 1. The molecule has 1 saturated heterocycles. The Morgan fingerprint density at radius 1 is 1.42 bits per heavy atom. The van der Waals surface area contributed by atoms with E-state index in [1.54, 1.807) is 18.2 Å². The number of phenolic OH excluding ortho intramolecular Hbond substituents is 1. The number of rotatable bonds is 3. The predicted octanol–water partition coefficient (Wildman–Crippen LogP) is 0.934. The van der Waals surface area contributed by atoms with Crippen LogP contribution in [0.4, 0.5) is 5.69 Å². The van der Waals surface area contributed by atoms with Gasteiger partial charge in [0.1, 0.15) is 5.75 Å². The van der Waals surface area contributed by atoms with E-state index in [0.717, 1.165) is 38.2 Å². The summed E-state index contributed by atoms with van der Waals surface area (Å²) in [6.45, 7) is 6.01. The van der Waals surface area contributed by atoms with Crippen LogP contribution in [-0.4, -0.2) is 48.6 Å². The van der Waals surface area contributed by atoms with Crippen molar-refractivity contribution in [3.63, 3.8) is 0 Å². The van der Waals surface area contributed by atoms with E-state index in [4.69, 9.17) is 0 Å². The van der Waals surface area contributed by atoms with Crippen LogP contribution >= 0.6 is 0 Å². The molecular weight excluding hydrogens is 242 g/mol. The van der Waals surface area contributed by atoms with Gasteiger partial charge in [-0.05, 0) is 38.1 Å². The minimum absolute atomic E-state index is 0.0369. The molecule has 3 N–H and O–H groups in total. The number of carbonyl (C=O) groups excluding carboxylic acids is 1. The van der Waals surface area contributed by atoms with Gasteiger partial charge in [0, 0.05) is 24.8 Å². The standard InChI is InChI=1S/C14H21N3O2/c1-11-3-4-12(9-13(11)18)16-14(19)10-17-7-2-5-15-6-8-17/h3-4,9,15,18H,2,5-8,10H2,1H3,(H,16,19). The van der Waals surface area contributed by atoms with Gasteiger partial charge >= 0.3 is 0 Å². The number of hydrogen-bond acceptors (Lipinski definition) is 4. The number of nitrogens with one attached hydrogen (secondary N) is 2. The second-order valence-corrected chi connectivity index (χ2v) is 4.93. The second kappa shape index (κ2) is 6.54. The summed E-state index contributed by atoms with van der Waals surface area (Å²) in [5, 5.41) is 15.7. The highest BCUT2D eigenvalue weighted by atomic mass is 16.3. The maximum Gasteiger partial charge on any atom is 0.238 e. The third-order valence-corrected chi connectivity index (χ3v) is 3.29. The smallest absolute Gasteiger partial charge is 0.238 e. The zero-order chi connectivity index (χ0) is 13.7. The van der Waals surface area contributed by atoms with Crippen molar-refractivity contribution >= 4 is 11.6 Å². The van der Waals surface area contributed by atoms with Crippen LogP contribution in [0.2, 0.25) is 0 Å². The van der Waals surface area contributed by atoms with Crippen molar-refractivity contribution in [2.45, 2.75) is 13.3 Å². The Bertz CT molecular complexity index is 440. The largest absolute Gasteiger partial charge is 0.508 e. The Morgan fingerprint density at radius 2 is 2.26 bits per heavy atom. The van der Waals surface area contributed by atoms with Crippen LogP contribution in [0.1, 0.15) is 12.0 Å². The van der Waals surface area contributed by atoms with Gasteiger partial charge in [0.15, 0.2) is 0 Å². The Hall–Kier alpha value is -1.59. The van der Waals surface area contributed by atoms with Gasteiger partial charge in [0.05, 0.1) is 6.54 Å².